The molecule has 1 atom stereocenters. The van der Waals surface area contributed by atoms with E-state index in [1.54, 1.807) is 0 Å². The highest BCUT2D eigenvalue weighted by atomic mass is 32.2. The van der Waals surface area contributed by atoms with Crippen LogP contribution in [0.2, 0.25) is 0 Å². The molecule has 0 bridgehead atoms. The lowest BCUT2D eigenvalue weighted by molar-refractivity contribution is 0.0991. The summed E-state index contributed by atoms with van der Waals surface area (Å²) >= 11 is 1.31. The first-order valence-corrected chi connectivity index (χ1v) is 10.8. The fourth-order valence-electron chi connectivity index (χ4n) is 3.83. The van der Waals surface area contributed by atoms with E-state index in [1.165, 1.54) is 36.5 Å². The molecule has 1 unspecified atom stereocenters. The number of carbonyl (C=O) groups is 2. The summed E-state index contributed by atoms with van der Waals surface area (Å²) < 4.78 is 2.17. The van der Waals surface area contributed by atoms with E-state index in [0.29, 0.717) is 17.0 Å². The number of fused-ring (bicyclic) bond motifs is 3. The van der Waals surface area contributed by atoms with Gasteiger partial charge in [0.25, 0.3) is 5.56 Å². The molecular formula is C23H21N3O4S. The first-order chi connectivity index (χ1) is 14.8. The van der Waals surface area contributed by atoms with Crippen molar-refractivity contribution < 1.29 is 9.59 Å². The normalized spacial score (nSPS) is 14.5. The first-order valence-electron chi connectivity index (χ1n) is 9.91. The van der Waals surface area contributed by atoms with Gasteiger partial charge in [-0.15, -0.1) is 11.8 Å². The molecule has 0 amide bonds. The molecule has 0 N–H and O–H groups in total. The van der Waals surface area contributed by atoms with E-state index < -0.39 is 17.0 Å². The number of hydrogen-bond acceptors (Lipinski definition) is 6. The van der Waals surface area contributed by atoms with Crippen LogP contribution in [0.1, 0.15) is 51.1 Å². The zero-order chi connectivity index (χ0) is 22.4. The zero-order valence-electron chi connectivity index (χ0n) is 17.6. The number of ketones is 2. The fraction of sp³-hybridized carbons (Fsp3) is 0.261. The summed E-state index contributed by atoms with van der Waals surface area (Å²) in [6.45, 7) is 3.79. The average molecular weight is 436 g/mol. The van der Waals surface area contributed by atoms with E-state index in [1.807, 2.05) is 44.2 Å². The van der Waals surface area contributed by atoms with Crippen LogP contribution >= 0.6 is 11.8 Å². The summed E-state index contributed by atoms with van der Waals surface area (Å²) in [6, 6.07) is 9.71. The molecule has 2 heterocycles. The van der Waals surface area contributed by atoms with Crippen molar-refractivity contribution >= 4 is 34.4 Å². The third-order valence-corrected chi connectivity index (χ3v) is 6.71. The second kappa shape index (κ2) is 7.77. The minimum absolute atomic E-state index is 0.00607. The van der Waals surface area contributed by atoms with Gasteiger partial charge in [-0.25, -0.2) is 9.78 Å². The second-order valence-electron chi connectivity index (χ2n) is 7.44. The number of hydrogen-bond donors (Lipinski definition) is 0. The van der Waals surface area contributed by atoms with Crippen LogP contribution in [0.4, 0.5) is 0 Å². The van der Waals surface area contributed by atoms with Gasteiger partial charge in [0.1, 0.15) is 5.65 Å². The SMILES string of the molecule is CCc1nc2c(c3c1C(=O)C(SC(C)c1ccccc1)=CC3=O)c(=O)n(C)c(=O)n2C. The molecule has 1 aromatic carbocycles. The highest BCUT2D eigenvalue weighted by molar-refractivity contribution is 8.04. The maximum Gasteiger partial charge on any atom is 0.332 e. The van der Waals surface area contributed by atoms with Crippen molar-refractivity contribution in [2.45, 2.75) is 25.5 Å². The topological polar surface area (TPSA) is 91.0 Å². The van der Waals surface area contributed by atoms with Crippen molar-refractivity contribution in [3.05, 3.63) is 84.5 Å². The fourth-order valence-corrected chi connectivity index (χ4v) is 4.89. The molecule has 0 spiro atoms. The number of benzene rings is 1. The monoisotopic (exact) mass is 435 g/mol. The molecule has 2 aromatic heterocycles. The van der Waals surface area contributed by atoms with E-state index >= 15 is 0 Å². The molecule has 1 aliphatic carbocycles. The van der Waals surface area contributed by atoms with Gasteiger partial charge in [-0.2, -0.15) is 0 Å². The van der Waals surface area contributed by atoms with Crippen molar-refractivity contribution in [3.63, 3.8) is 0 Å². The summed E-state index contributed by atoms with van der Waals surface area (Å²) in [4.78, 5) is 56.7. The minimum Gasteiger partial charge on any atom is -0.289 e. The summed E-state index contributed by atoms with van der Waals surface area (Å²) in [5.74, 6) is -0.736. The molecule has 0 aliphatic heterocycles. The molecule has 0 saturated heterocycles. The zero-order valence-corrected chi connectivity index (χ0v) is 18.4. The van der Waals surface area contributed by atoms with Crippen LogP contribution in [0.25, 0.3) is 11.0 Å². The maximum atomic E-state index is 13.4. The Morgan fingerprint density at radius 1 is 1.00 bits per heavy atom. The van der Waals surface area contributed by atoms with E-state index in [9.17, 15) is 19.2 Å². The summed E-state index contributed by atoms with van der Waals surface area (Å²) in [6.07, 6.45) is 1.69. The Balaban J connectivity index is 1.93. The van der Waals surface area contributed by atoms with Crippen LogP contribution in [0.3, 0.4) is 0 Å². The minimum atomic E-state index is -0.632. The van der Waals surface area contributed by atoms with Crippen molar-refractivity contribution in [1.29, 1.82) is 0 Å². The van der Waals surface area contributed by atoms with Gasteiger partial charge < -0.3 is 0 Å². The quantitative estimate of drug-likeness (QED) is 0.626. The summed E-state index contributed by atoms with van der Waals surface area (Å²) in [7, 11) is 2.84. The van der Waals surface area contributed by atoms with Gasteiger partial charge in [0.2, 0.25) is 5.78 Å². The second-order valence-corrected chi connectivity index (χ2v) is 8.82. The van der Waals surface area contributed by atoms with E-state index in [2.05, 4.69) is 4.98 Å². The van der Waals surface area contributed by atoms with Crippen molar-refractivity contribution in [2.75, 3.05) is 0 Å². The van der Waals surface area contributed by atoms with Crippen LogP contribution in [0.15, 0.2) is 50.9 Å². The molecule has 31 heavy (non-hydrogen) atoms. The van der Waals surface area contributed by atoms with Gasteiger partial charge in [-0.05, 0) is 18.9 Å². The average Bonchev–Trinajstić information content (AvgIpc) is 2.78. The standard InChI is InChI=1S/C23H21N3O4S/c1-5-14-17-18(19-21(24-14)25(3)23(30)26(4)22(19)29)15(27)11-16(20(17)28)31-12(2)13-9-7-6-8-10-13/h6-12H,5H2,1-4H3. The number of thioether (sulfide) groups is 1. The van der Waals surface area contributed by atoms with Crippen LogP contribution in [-0.2, 0) is 20.5 Å². The Hall–Kier alpha value is -3.26. The Morgan fingerprint density at radius 3 is 2.32 bits per heavy atom. The highest BCUT2D eigenvalue weighted by Crippen LogP contribution is 2.39. The molecule has 0 radical (unpaired) electrons. The predicted molar refractivity (Wildman–Crippen MR) is 121 cm³/mol. The van der Waals surface area contributed by atoms with E-state index in [-0.39, 0.29) is 33.2 Å². The summed E-state index contributed by atoms with van der Waals surface area (Å²) in [5, 5.41) is -0.0375. The van der Waals surface area contributed by atoms with Crippen LogP contribution in [0.5, 0.6) is 0 Å². The van der Waals surface area contributed by atoms with Gasteiger partial charge >= 0.3 is 5.69 Å². The van der Waals surface area contributed by atoms with Gasteiger partial charge in [0, 0.05) is 25.4 Å². The number of carbonyl (C=O) groups excluding carboxylic acids is 2. The maximum absolute atomic E-state index is 13.4. The highest BCUT2D eigenvalue weighted by Gasteiger charge is 2.34. The number of Topliss-reactive ketones (excluding diaryl/α,β-unsaturated/α-hetero) is 1. The van der Waals surface area contributed by atoms with Gasteiger partial charge in [-0.1, -0.05) is 37.3 Å². The molecule has 8 heteroatoms. The largest absolute Gasteiger partial charge is 0.332 e. The molecule has 1 aliphatic rings. The molecule has 0 fully saturated rings. The Bertz CT molecular complexity index is 1400. The lowest BCUT2D eigenvalue weighted by atomic mass is 9.90. The van der Waals surface area contributed by atoms with Gasteiger partial charge in [0.05, 0.1) is 27.1 Å². The van der Waals surface area contributed by atoms with Crippen molar-refractivity contribution in [3.8, 4) is 0 Å². The first kappa shape index (κ1) is 21.0. The van der Waals surface area contributed by atoms with Crippen molar-refractivity contribution in [2.24, 2.45) is 14.1 Å². The summed E-state index contributed by atoms with van der Waals surface area (Å²) in [5.41, 5.74) is 0.601. The number of allylic oxidation sites excluding steroid dienone is 2. The lowest BCUT2D eigenvalue weighted by Crippen LogP contribution is -2.39. The Morgan fingerprint density at radius 2 is 1.68 bits per heavy atom. The molecular weight excluding hydrogens is 414 g/mol. The molecule has 3 aromatic rings. The van der Waals surface area contributed by atoms with E-state index in [0.717, 1.165) is 10.1 Å². The van der Waals surface area contributed by atoms with Gasteiger partial charge in [-0.3, -0.25) is 23.5 Å². The van der Waals surface area contributed by atoms with E-state index in [4.69, 9.17) is 0 Å². The number of rotatable bonds is 4. The van der Waals surface area contributed by atoms with Gasteiger partial charge in [0.15, 0.2) is 5.78 Å². The predicted octanol–water partition coefficient (Wildman–Crippen LogP) is 2.95. The molecule has 0 saturated carbocycles. The number of pyridine rings is 1. The van der Waals surface area contributed by atoms with Crippen molar-refractivity contribution in [1.82, 2.24) is 14.1 Å². The smallest absolute Gasteiger partial charge is 0.289 e. The molecule has 158 valence electrons. The number of nitrogens with zero attached hydrogens (tertiary/aromatic N) is 3. The van der Waals surface area contributed by atoms with Crippen LogP contribution in [0, 0.1) is 0 Å². The van der Waals surface area contributed by atoms with Crippen LogP contribution in [-0.4, -0.2) is 25.7 Å². The lowest BCUT2D eigenvalue weighted by Gasteiger charge is -2.21. The van der Waals surface area contributed by atoms with Crippen LogP contribution < -0.4 is 11.2 Å². The Kier molecular flexibility index (Phi) is 5.26. The number of aryl methyl sites for hydroxylation is 2. The number of aromatic nitrogens is 3. The third kappa shape index (κ3) is 3.27. The molecule has 7 nitrogen and oxygen atoms in total. The third-order valence-electron chi connectivity index (χ3n) is 5.53. The molecule has 4 rings (SSSR count). The Labute approximate surface area is 182 Å².